The minimum absolute atomic E-state index is 0.535. The van der Waals surface area contributed by atoms with E-state index in [0.717, 1.165) is 5.69 Å². The van der Waals surface area contributed by atoms with E-state index in [0.29, 0.717) is 12.5 Å². The molecule has 17 heavy (non-hydrogen) atoms. The Morgan fingerprint density at radius 2 is 2.00 bits per heavy atom. The molecular weight excluding hydrogens is 228 g/mol. The van der Waals surface area contributed by atoms with Crippen LogP contribution < -0.4 is 5.73 Å². The van der Waals surface area contributed by atoms with Gasteiger partial charge in [0.2, 0.25) is 0 Å². The zero-order valence-electron chi connectivity index (χ0n) is 9.73. The molecule has 1 saturated carbocycles. The fraction of sp³-hybridized carbons (Fsp3) is 0.357. The maximum Gasteiger partial charge on any atom is 0.0966 e. The van der Waals surface area contributed by atoms with Gasteiger partial charge in [0.1, 0.15) is 0 Å². The zero-order valence-corrected chi connectivity index (χ0v) is 10.5. The monoisotopic (exact) mass is 244 g/mol. The van der Waals surface area contributed by atoms with Crippen LogP contribution in [0, 0.1) is 0 Å². The molecule has 2 N–H and O–H groups in total. The van der Waals surface area contributed by atoms with Gasteiger partial charge < -0.3 is 5.73 Å². The topological polar surface area (TPSA) is 38.9 Å². The summed E-state index contributed by atoms with van der Waals surface area (Å²) in [6, 6.07) is 10.4. The molecule has 0 radical (unpaired) electrons. The Kier molecular flexibility index (Phi) is 2.95. The lowest BCUT2D eigenvalue weighted by Gasteiger charge is -2.22. The molecule has 1 aromatic heterocycles. The third-order valence-corrected chi connectivity index (χ3v) is 4.71. The van der Waals surface area contributed by atoms with Gasteiger partial charge in [-0.15, -0.1) is 11.3 Å². The molecule has 3 rings (SSSR count). The van der Waals surface area contributed by atoms with Crippen LogP contribution in [-0.4, -0.2) is 4.98 Å². The molecule has 3 heteroatoms. The quantitative estimate of drug-likeness (QED) is 0.897. The zero-order chi connectivity index (χ0) is 11.7. The second-order valence-corrected chi connectivity index (χ2v) is 5.56. The number of hydrogen-bond acceptors (Lipinski definition) is 3. The first-order chi connectivity index (χ1) is 8.38. The van der Waals surface area contributed by atoms with Gasteiger partial charge in [-0.3, -0.25) is 0 Å². The van der Waals surface area contributed by atoms with E-state index in [2.05, 4.69) is 24.3 Å². The summed E-state index contributed by atoms with van der Waals surface area (Å²) in [5, 5.41) is 1.29. The summed E-state index contributed by atoms with van der Waals surface area (Å²) < 4.78 is 0. The fourth-order valence-electron chi connectivity index (χ4n) is 2.15. The summed E-state index contributed by atoms with van der Waals surface area (Å²) >= 11 is 1.83. The van der Waals surface area contributed by atoms with Crippen LogP contribution in [0.5, 0.6) is 0 Å². The molecule has 0 amide bonds. The van der Waals surface area contributed by atoms with Gasteiger partial charge in [0.05, 0.1) is 15.6 Å². The molecule has 0 atom stereocenters. The number of benzene rings is 1. The molecule has 88 valence electrons. The fourth-order valence-corrected chi connectivity index (χ4v) is 3.42. The van der Waals surface area contributed by atoms with Crippen molar-refractivity contribution in [2.75, 3.05) is 0 Å². The summed E-state index contributed by atoms with van der Waals surface area (Å²) in [6.45, 7) is 0.535. The van der Waals surface area contributed by atoms with Crippen LogP contribution in [0.2, 0.25) is 0 Å². The molecule has 0 spiro atoms. The van der Waals surface area contributed by atoms with Crippen LogP contribution in [0.25, 0.3) is 10.4 Å². The third kappa shape index (κ3) is 2.01. The van der Waals surface area contributed by atoms with Crippen molar-refractivity contribution in [2.24, 2.45) is 5.73 Å². The van der Waals surface area contributed by atoms with E-state index in [4.69, 9.17) is 10.7 Å². The van der Waals surface area contributed by atoms with Gasteiger partial charge in [0.15, 0.2) is 0 Å². The normalized spacial score (nSPS) is 15.8. The molecule has 1 aromatic carbocycles. The number of hydrogen-bond donors (Lipinski definition) is 1. The van der Waals surface area contributed by atoms with E-state index >= 15 is 0 Å². The summed E-state index contributed by atoms with van der Waals surface area (Å²) in [6.07, 6.45) is 3.94. The second kappa shape index (κ2) is 4.59. The van der Waals surface area contributed by atoms with Crippen LogP contribution in [0.1, 0.15) is 35.9 Å². The highest BCUT2D eigenvalue weighted by molar-refractivity contribution is 7.15. The van der Waals surface area contributed by atoms with E-state index in [1.54, 1.807) is 0 Å². The number of thiazole rings is 1. The summed E-state index contributed by atoms with van der Waals surface area (Å²) in [4.78, 5) is 5.98. The predicted molar refractivity (Wildman–Crippen MR) is 72.0 cm³/mol. The smallest absolute Gasteiger partial charge is 0.0966 e. The lowest BCUT2D eigenvalue weighted by molar-refractivity contribution is 0.418. The van der Waals surface area contributed by atoms with Crippen LogP contribution in [0.3, 0.4) is 0 Å². The van der Waals surface area contributed by atoms with Crippen molar-refractivity contribution < 1.29 is 0 Å². The van der Waals surface area contributed by atoms with Gasteiger partial charge in [-0.25, -0.2) is 4.98 Å². The van der Waals surface area contributed by atoms with Crippen molar-refractivity contribution in [1.82, 2.24) is 4.98 Å². The van der Waals surface area contributed by atoms with E-state index in [9.17, 15) is 0 Å². The Hall–Kier alpha value is -1.19. The van der Waals surface area contributed by atoms with Gasteiger partial charge in [0.25, 0.3) is 0 Å². The number of nitrogens with two attached hydrogens (primary N) is 1. The summed E-state index contributed by atoms with van der Waals surface area (Å²) in [5.74, 6) is 0.697. The number of nitrogens with zero attached hydrogens (tertiary/aromatic N) is 1. The lowest BCUT2D eigenvalue weighted by Crippen LogP contribution is -2.08. The maximum absolute atomic E-state index is 5.81. The molecule has 0 aliphatic heterocycles. The average molecular weight is 244 g/mol. The van der Waals surface area contributed by atoms with Crippen molar-refractivity contribution in [2.45, 2.75) is 31.7 Å². The van der Waals surface area contributed by atoms with Crippen molar-refractivity contribution in [1.29, 1.82) is 0 Å². The van der Waals surface area contributed by atoms with Gasteiger partial charge in [0, 0.05) is 12.5 Å². The van der Waals surface area contributed by atoms with Crippen LogP contribution in [0.4, 0.5) is 0 Å². The van der Waals surface area contributed by atoms with E-state index in [1.807, 2.05) is 17.4 Å². The highest BCUT2D eigenvalue weighted by Crippen LogP contribution is 2.41. The third-order valence-electron chi connectivity index (χ3n) is 3.40. The predicted octanol–water partition coefficient (Wildman–Crippen LogP) is 3.54. The second-order valence-electron chi connectivity index (χ2n) is 4.53. The Labute approximate surface area is 106 Å². The largest absolute Gasteiger partial charge is 0.325 e. The van der Waals surface area contributed by atoms with Crippen LogP contribution in [0.15, 0.2) is 30.3 Å². The van der Waals surface area contributed by atoms with Crippen molar-refractivity contribution in [3.05, 3.63) is 41.0 Å². The van der Waals surface area contributed by atoms with Gasteiger partial charge in [-0.1, -0.05) is 36.8 Å². The molecule has 2 nitrogen and oxygen atoms in total. The molecule has 1 heterocycles. The minimum atomic E-state index is 0.535. The Bertz CT molecular complexity index is 500. The van der Waals surface area contributed by atoms with Crippen molar-refractivity contribution in [3.63, 3.8) is 0 Å². The van der Waals surface area contributed by atoms with Gasteiger partial charge in [-0.05, 0) is 18.4 Å². The molecule has 2 aromatic rings. The van der Waals surface area contributed by atoms with Crippen molar-refractivity contribution >= 4 is 11.3 Å². The Morgan fingerprint density at radius 1 is 1.24 bits per heavy atom. The van der Waals surface area contributed by atoms with E-state index < -0.39 is 0 Å². The van der Waals surface area contributed by atoms with Gasteiger partial charge >= 0.3 is 0 Å². The first-order valence-corrected chi connectivity index (χ1v) is 6.95. The maximum atomic E-state index is 5.81. The van der Waals surface area contributed by atoms with E-state index in [-0.39, 0.29) is 0 Å². The molecular formula is C14H16N2S. The SMILES string of the molecule is NCc1nc(C2CCC2)sc1-c1ccccc1. The summed E-state index contributed by atoms with van der Waals surface area (Å²) in [5.41, 5.74) is 8.11. The number of rotatable bonds is 3. The number of aromatic nitrogens is 1. The lowest BCUT2D eigenvalue weighted by atomic mass is 9.86. The average Bonchev–Trinajstić information content (AvgIpc) is 2.72. The summed E-state index contributed by atoms with van der Waals surface area (Å²) in [7, 11) is 0. The first kappa shape index (κ1) is 10.9. The molecule has 0 bridgehead atoms. The van der Waals surface area contributed by atoms with Gasteiger partial charge in [-0.2, -0.15) is 0 Å². The Balaban J connectivity index is 2.00. The molecule has 1 aliphatic rings. The van der Waals surface area contributed by atoms with Crippen molar-refractivity contribution in [3.8, 4) is 10.4 Å². The highest BCUT2D eigenvalue weighted by Gasteiger charge is 2.24. The molecule has 0 saturated heterocycles. The standard InChI is InChI=1S/C14H16N2S/c15-9-12-13(10-5-2-1-3-6-10)17-14(16-12)11-7-4-8-11/h1-3,5-6,11H,4,7-9,15H2. The van der Waals surface area contributed by atoms with E-state index in [1.165, 1.54) is 34.7 Å². The first-order valence-electron chi connectivity index (χ1n) is 6.13. The van der Waals surface area contributed by atoms with Crippen LogP contribution >= 0.6 is 11.3 Å². The molecule has 1 aliphatic carbocycles. The highest BCUT2D eigenvalue weighted by atomic mass is 32.1. The Morgan fingerprint density at radius 3 is 2.59 bits per heavy atom. The molecule has 0 unspecified atom stereocenters. The minimum Gasteiger partial charge on any atom is -0.325 e. The molecule has 1 fully saturated rings. The van der Waals surface area contributed by atoms with Crippen LogP contribution in [-0.2, 0) is 6.54 Å².